The van der Waals surface area contributed by atoms with Gasteiger partial charge >= 0.3 is 0 Å². The summed E-state index contributed by atoms with van der Waals surface area (Å²) in [6, 6.07) is 4.20. The number of nitrogens with one attached hydrogen (secondary N) is 1. The molecule has 1 saturated heterocycles. The molecule has 2 heterocycles. The van der Waals surface area contributed by atoms with Gasteiger partial charge in [0.05, 0.1) is 0 Å². The van der Waals surface area contributed by atoms with Gasteiger partial charge in [0.2, 0.25) is 5.95 Å². The number of nitrogens with zero attached hydrogens (tertiary/aromatic N) is 4. The highest BCUT2D eigenvalue weighted by Crippen LogP contribution is 2.12. The van der Waals surface area contributed by atoms with Crippen molar-refractivity contribution >= 4 is 5.95 Å². The molecule has 1 unspecified atom stereocenters. The summed E-state index contributed by atoms with van der Waals surface area (Å²) in [5, 5.41) is 12.2. The Morgan fingerprint density at radius 1 is 1.56 bits per heavy atom. The number of aromatic nitrogens is 2. The molecule has 0 aromatic carbocycles. The lowest BCUT2D eigenvalue weighted by Crippen LogP contribution is -2.49. The number of hydrogen-bond acceptors (Lipinski definition) is 5. The zero-order chi connectivity index (χ0) is 11.5. The van der Waals surface area contributed by atoms with Crippen molar-refractivity contribution < 1.29 is 0 Å². The van der Waals surface area contributed by atoms with Crippen LogP contribution < -0.4 is 10.2 Å². The van der Waals surface area contributed by atoms with Crippen molar-refractivity contribution in [2.45, 2.75) is 19.9 Å². The number of nitriles is 1. The Morgan fingerprint density at radius 3 is 3.06 bits per heavy atom. The van der Waals surface area contributed by atoms with Gasteiger partial charge in [-0.2, -0.15) is 5.26 Å². The average Bonchev–Trinajstić information content (AvgIpc) is 2.28. The molecule has 2 rings (SSSR count). The van der Waals surface area contributed by atoms with Gasteiger partial charge in [0.15, 0.2) is 0 Å². The molecule has 0 spiro atoms. The van der Waals surface area contributed by atoms with Crippen molar-refractivity contribution in [2.24, 2.45) is 0 Å². The Morgan fingerprint density at radius 2 is 2.38 bits per heavy atom. The summed E-state index contributed by atoms with van der Waals surface area (Å²) < 4.78 is 0. The summed E-state index contributed by atoms with van der Waals surface area (Å²) in [4.78, 5) is 10.7. The third kappa shape index (κ3) is 2.28. The predicted octanol–water partition coefficient (Wildman–Crippen LogP) is 0.455. The summed E-state index contributed by atoms with van der Waals surface area (Å²) in [6.07, 6.45) is 0. The van der Waals surface area contributed by atoms with Gasteiger partial charge in [0.1, 0.15) is 11.8 Å². The van der Waals surface area contributed by atoms with Gasteiger partial charge in [0.25, 0.3) is 0 Å². The van der Waals surface area contributed by atoms with Gasteiger partial charge in [-0.1, -0.05) is 0 Å². The fraction of sp³-hybridized carbons (Fsp3) is 0.545. The van der Waals surface area contributed by atoms with Gasteiger partial charge in [-0.25, -0.2) is 9.97 Å². The Labute approximate surface area is 95.1 Å². The molecule has 0 aliphatic carbocycles. The minimum atomic E-state index is 0.434. The lowest BCUT2D eigenvalue weighted by molar-refractivity contribution is 0.479. The molecule has 0 bridgehead atoms. The fourth-order valence-electron chi connectivity index (χ4n) is 1.87. The van der Waals surface area contributed by atoms with Gasteiger partial charge in [-0.15, -0.1) is 0 Å². The first-order chi connectivity index (χ1) is 7.69. The third-order valence-electron chi connectivity index (χ3n) is 2.61. The largest absolute Gasteiger partial charge is 0.338 e. The van der Waals surface area contributed by atoms with Crippen molar-refractivity contribution in [3.8, 4) is 6.07 Å². The molecule has 1 aliphatic rings. The molecule has 5 heteroatoms. The second-order valence-corrected chi connectivity index (χ2v) is 4.11. The number of hydrogen-bond donors (Lipinski definition) is 1. The van der Waals surface area contributed by atoms with E-state index >= 15 is 0 Å². The highest BCUT2D eigenvalue weighted by molar-refractivity contribution is 5.36. The van der Waals surface area contributed by atoms with E-state index in [2.05, 4.69) is 33.2 Å². The minimum Gasteiger partial charge on any atom is -0.338 e. The first-order valence-electron chi connectivity index (χ1n) is 5.43. The predicted molar refractivity (Wildman–Crippen MR) is 61.2 cm³/mol. The monoisotopic (exact) mass is 217 g/mol. The van der Waals surface area contributed by atoms with E-state index < -0.39 is 0 Å². The molecule has 1 aliphatic heterocycles. The topological polar surface area (TPSA) is 64.8 Å². The van der Waals surface area contributed by atoms with Crippen LogP contribution in [0.3, 0.4) is 0 Å². The smallest absolute Gasteiger partial charge is 0.226 e. The summed E-state index contributed by atoms with van der Waals surface area (Å²) in [7, 11) is 0. The molecule has 0 radical (unpaired) electrons. The second kappa shape index (κ2) is 4.45. The highest BCUT2D eigenvalue weighted by Gasteiger charge is 2.18. The van der Waals surface area contributed by atoms with E-state index in [9.17, 15) is 0 Å². The van der Waals surface area contributed by atoms with Crippen LogP contribution in [0, 0.1) is 18.3 Å². The van der Waals surface area contributed by atoms with E-state index in [0.29, 0.717) is 17.7 Å². The normalized spacial score (nSPS) is 20.6. The number of anilines is 1. The molecule has 1 N–H and O–H groups in total. The van der Waals surface area contributed by atoms with Gasteiger partial charge in [-0.05, 0) is 19.9 Å². The summed E-state index contributed by atoms with van der Waals surface area (Å²) >= 11 is 0. The molecular formula is C11H15N5. The van der Waals surface area contributed by atoms with Crippen LogP contribution in [0.2, 0.25) is 0 Å². The fourth-order valence-corrected chi connectivity index (χ4v) is 1.87. The zero-order valence-corrected chi connectivity index (χ0v) is 9.56. The van der Waals surface area contributed by atoms with Crippen LogP contribution in [0.15, 0.2) is 6.07 Å². The van der Waals surface area contributed by atoms with Crippen LogP contribution in [0.5, 0.6) is 0 Å². The first kappa shape index (κ1) is 10.8. The van der Waals surface area contributed by atoms with Crippen molar-refractivity contribution in [1.29, 1.82) is 5.26 Å². The van der Waals surface area contributed by atoms with Crippen LogP contribution >= 0.6 is 0 Å². The van der Waals surface area contributed by atoms with E-state index in [-0.39, 0.29) is 0 Å². The van der Waals surface area contributed by atoms with Crippen molar-refractivity contribution in [3.63, 3.8) is 0 Å². The lowest BCUT2D eigenvalue weighted by atomic mass is 10.2. The van der Waals surface area contributed by atoms with Crippen LogP contribution in [0.4, 0.5) is 5.95 Å². The summed E-state index contributed by atoms with van der Waals surface area (Å²) in [5.41, 5.74) is 1.28. The standard InChI is InChI=1S/C11H15N5/c1-8-5-10(6-12)15-11(14-8)16-4-3-13-9(2)7-16/h5,9,13H,3-4,7H2,1-2H3. The maximum atomic E-state index is 8.87. The molecule has 16 heavy (non-hydrogen) atoms. The highest BCUT2D eigenvalue weighted by atomic mass is 15.3. The average molecular weight is 217 g/mol. The van der Waals surface area contributed by atoms with Gasteiger partial charge in [0, 0.05) is 31.4 Å². The molecule has 1 aromatic rings. The van der Waals surface area contributed by atoms with Crippen LogP contribution in [0.1, 0.15) is 18.3 Å². The van der Waals surface area contributed by atoms with Gasteiger partial charge in [-0.3, -0.25) is 0 Å². The number of rotatable bonds is 1. The Hall–Kier alpha value is -1.67. The zero-order valence-electron chi connectivity index (χ0n) is 9.56. The van der Waals surface area contributed by atoms with Crippen molar-refractivity contribution in [2.75, 3.05) is 24.5 Å². The molecule has 1 aromatic heterocycles. The Kier molecular flexibility index (Phi) is 3.02. The summed E-state index contributed by atoms with van der Waals surface area (Å²) in [5.74, 6) is 0.671. The maximum Gasteiger partial charge on any atom is 0.226 e. The molecule has 1 atom stereocenters. The molecule has 0 amide bonds. The molecule has 0 saturated carbocycles. The van der Waals surface area contributed by atoms with E-state index in [1.807, 2.05) is 6.92 Å². The van der Waals surface area contributed by atoms with Crippen LogP contribution in [0.25, 0.3) is 0 Å². The molecular weight excluding hydrogens is 202 g/mol. The molecule has 1 fully saturated rings. The van der Waals surface area contributed by atoms with Gasteiger partial charge < -0.3 is 10.2 Å². The van der Waals surface area contributed by atoms with Crippen LogP contribution in [-0.4, -0.2) is 35.6 Å². The Balaban J connectivity index is 2.26. The Bertz CT molecular complexity index is 423. The van der Waals surface area contributed by atoms with E-state index in [1.54, 1.807) is 6.07 Å². The molecule has 5 nitrogen and oxygen atoms in total. The van der Waals surface area contributed by atoms with Crippen molar-refractivity contribution in [1.82, 2.24) is 15.3 Å². The van der Waals surface area contributed by atoms with E-state index in [4.69, 9.17) is 5.26 Å². The van der Waals surface area contributed by atoms with Crippen molar-refractivity contribution in [3.05, 3.63) is 17.5 Å². The number of aryl methyl sites for hydroxylation is 1. The second-order valence-electron chi connectivity index (χ2n) is 4.11. The SMILES string of the molecule is Cc1cc(C#N)nc(N2CCNC(C)C2)n1. The maximum absolute atomic E-state index is 8.87. The third-order valence-corrected chi connectivity index (χ3v) is 2.61. The quantitative estimate of drug-likeness (QED) is 0.740. The van der Waals surface area contributed by atoms with E-state index in [0.717, 1.165) is 25.3 Å². The van der Waals surface area contributed by atoms with Crippen LogP contribution in [-0.2, 0) is 0 Å². The first-order valence-corrected chi connectivity index (χ1v) is 5.43. The molecule has 84 valence electrons. The number of piperazine rings is 1. The lowest BCUT2D eigenvalue weighted by Gasteiger charge is -2.31. The minimum absolute atomic E-state index is 0.434. The van der Waals surface area contributed by atoms with E-state index in [1.165, 1.54) is 0 Å². The summed E-state index contributed by atoms with van der Waals surface area (Å²) in [6.45, 7) is 6.72.